The molecule has 1 aromatic carbocycles. The van der Waals surface area contributed by atoms with Crippen LogP contribution in [0, 0.1) is 0 Å². The van der Waals surface area contributed by atoms with Crippen LogP contribution in [0.25, 0.3) is 0 Å². The van der Waals surface area contributed by atoms with E-state index in [9.17, 15) is 5.11 Å². The number of rotatable bonds is 3. The van der Waals surface area contributed by atoms with Crippen LogP contribution in [0.2, 0.25) is 5.02 Å². The maximum absolute atomic E-state index is 9.31. The second-order valence-corrected chi connectivity index (χ2v) is 5.17. The van der Waals surface area contributed by atoms with Crippen LogP contribution in [0.5, 0.6) is 0 Å². The summed E-state index contributed by atoms with van der Waals surface area (Å²) in [4.78, 5) is 1.17. The van der Waals surface area contributed by atoms with Gasteiger partial charge in [-0.25, -0.2) is 0 Å². The van der Waals surface area contributed by atoms with Gasteiger partial charge in [0.25, 0.3) is 0 Å². The molecule has 78 valence electrons. The third-order valence-corrected chi connectivity index (χ3v) is 3.32. The Kier molecular flexibility index (Phi) is 3.87. The van der Waals surface area contributed by atoms with Crippen LogP contribution < -0.4 is 0 Å². The molecule has 0 unspecified atom stereocenters. The van der Waals surface area contributed by atoms with Crippen molar-refractivity contribution in [2.45, 2.75) is 24.2 Å². The van der Waals surface area contributed by atoms with Gasteiger partial charge in [0, 0.05) is 15.3 Å². The first kappa shape index (κ1) is 11.9. The summed E-state index contributed by atoms with van der Waals surface area (Å²) in [6, 6.07) is 5.81. The molecule has 14 heavy (non-hydrogen) atoms. The molecular formula is C11H15ClOS. The fraction of sp³-hybridized carbons (Fsp3) is 0.455. The number of halogens is 1. The Labute approximate surface area is 94.5 Å². The number of hydrogen-bond acceptors (Lipinski definition) is 2. The predicted molar refractivity (Wildman–Crippen MR) is 63.3 cm³/mol. The van der Waals surface area contributed by atoms with E-state index in [-0.39, 0.29) is 12.0 Å². The van der Waals surface area contributed by atoms with Crippen molar-refractivity contribution in [1.29, 1.82) is 0 Å². The fourth-order valence-electron chi connectivity index (χ4n) is 1.29. The first-order chi connectivity index (χ1) is 6.51. The molecule has 0 aliphatic carbocycles. The van der Waals surface area contributed by atoms with Crippen molar-refractivity contribution in [3.8, 4) is 0 Å². The highest BCUT2D eigenvalue weighted by atomic mass is 35.5. The summed E-state index contributed by atoms with van der Waals surface area (Å²) >= 11 is 7.62. The molecule has 0 heterocycles. The van der Waals surface area contributed by atoms with Gasteiger partial charge in [-0.05, 0) is 30.0 Å². The van der Waals surface area contributed by atoms with Crippen molar-refractivity contribution in [2.24, 2.45) is 0 Å². The Bertz CT molecular complexity index is 323. The van der Waals surface area contributed by atoms with Gasteiger partial charge in [-0.3, -0.25) is 0 Å². The van der Waals surface area contributed by atoms with E-state index < -0.39 is 0 Å². The topological polar surface area (TPSA) is 20.2 Å². The van der Waals surface area contributed by atoms with Gasteiger partial charge in [-0.15, -0.1) is 11.8 Å². The molecule has 0 aliphatic heterocycles. The Hall–Kier alpha value is -0.180. The highest BCUT2D eigenvalue weighted by Crippen LogP contribution is 2.33. The van der Waals surface area contributed by atoms with Crippen molar-refractivity contribution in [3.05, 3.63) is 28.8 Å². The van der Waals surface area contributed by atoms with Gasteiger partial charge in [-0.1, -0.05) is 25.4 Å². The van der Waals surface area contributed by atoms with Gasteiger partial charge in [0.1, 0.15) is 0 Å². The molecule has 0 amide bonds. The van der Waals surface area contributed by atoms with E-state index >= 15 is 0 Å². The van der Waals surface area contributed by atoms with E-state index in [0.29, 0.717) is 0 Å². The number of aliphatic hydroxyl groups is 1. The summed E-state index contributed by atoms with van der Waals surface area (Å²) in [5.41, 5.74) is 0.878. The van der Waals surface area contributed by atoms with Crippen molar-refractivity contribution in [2.75, 3.05) is 12.9 Å². The normalized spacial score (nSPS) is 11.8. The quantitative estimate of drug-likeness (QED) is 0.804. The Morgan fingerprint density at radius 1 is 1.43 bits per heavy atom. The first-order valence-electron chi connectivity index (χ1n) is 4.46. The smallest absolute Gasteiger partial charge is 0.0523 e. The van der Waals surface area contributed by atoms with Gasteiger partial charge in [0.05, 0.1) is 6.61 Å². The highest BCUT2D eigenvalue weighted by Gasteiger charge is 2.22. The van der Waals surface area contributed by atoms with Crippen molar-refractivity contribution in [3.63, 3.8) is 0 Å². The molecule has 0 saturated carbocycles. The number of aliphatic hydroxyl groups excluding tert-OH is 1. The van der Waals surface area contributed by atoms with Crippen LogP contribution in [-0.2, 0) is 5.41 Å². The summed E-state index contributed by atoms with van der Waals surface area (Å²) in [7, 11) is 0. The van der Waals surface area contributed by atoms with Crippen LogP contribution in [0.4, 0.5) is 0 Å². The maximum Gasteiger partial charge on any atom is 0.0523 e. The molecule has 0 aliphatic rings. The van der Waals surface area contributed by atoms with Crippen molar-refractivity contribution >= 4 is 23.4 Å². The van der Waals surface area contributed by atoms with Crippen LogP contribution in [0.3, 0.4) is 0 Å². The molecule has 1 nitrogen and oxygen atoms in total. The van der Waals surface area contributed by atoms with E-state index in [0.717, 1.165) is 10.6 Å². The minimum atomic E-state index is -0.233. The lowest BCUT2D eigenvalue weighted by Gasteiger charge is -2.25. The van der Waals surface area contributed by atoms with Crippen LogP contribution in [-0.4, -0.2) is 18.0 Å². The summed E-state index contributed by atoms with van der Waals surface area (Å²) in [6.45, 7) is 4.15. The standard InChI is InChI=1S/C11H15ClOS/c1-11(2,7-13)9-6-8(12)4-5-10(9)14-3/h4-6,13H,7H2,1-3H3. The molecule has 0 fully saturated rings. The zero-order valence-electron chi connectivity index (χ0n) is 8.67. The first-order valence-corrected chi connectivity index (χ1v) is 6.06. The molecule has 1 N–H and O–H groups in total. The monoisotopic (exact) mass is 230 g/mol. The van der Waals surface area contributed by atoms with E-state index in [4.69, 9.17) is 11.6 Å². The average molecular weight is 231 g/mol. The molecule has 0 aromatic heterocycles. The van der Waals surface area contributed by atoms with Gasteiger partial charge >= 0.3 is 0 Å². The van der Waals surface area contributed by atoms with Crippen LogP contribution >= 0.6 is 23.4 Å². The molecular weight excluding hydrogens is 216 g/mol. The number of hydrogen-bond donors (Lipinski definition) is 1. The summed E-state index contributed by atoms with van der Waals surface area (Å²) < 4.78 is 0. The summed E-state index contributed by atoms with van der Waals surface area (Å²) in [5, 5.41) is 10.0. The van der Waals surface area contributed by atoms with Gasteiger partial charge < -0.3 is 5.11 Å². The van der Waals surface area contributed by atoms with Crippen LogP contribution in [0.15, 0.2) is 23.1 Å². The SMILES string of the molecule is CSc1ccc(Cl)cc1C(C)(C)CO. The second kappa shape index (κ2) is 4.56. The predicted octanol–water partition coefficient (Wildman–Crippen LogP) is 3.33. The molecule has 0 spiro atoms. The van der Waals surface area contributed by atoms with Gasteiger partial charge in [-0.2, -0.15) is 0 Å². The lowest BCUT2D eigenvalue weighted by molar-refractivity contribution is 0.216. The summed E-state index contributed by atoms with van der Waals surface area (Å²) in [5.74, 6) is 0. The molecule has 3 heteroatoms. The van der Waals surface area contributed by atoms with E-state index in [2.05, 4.69) is 0 Å². The summed E-state index contributed by atoms with van der Waals surface area (Å²) in [6.07, 6.45) is 2.03. The van der Waals surface area contributed by atoms with E-state index in [1.54, 1.807) is 11.8 Å². The molecule has 0 atom stereocenters. The Morgan fingerprint density at radius 2 is 2.07 bits per heavy atom. The molecule has 1 rings (SSSR count). The lowest BCUT2D eigenvalue weighted by atomic mass is 9.85. The molecule has 0 saturated heterocycles. The Balaban J connectivity index is 3.23. The molecule has 0 radical (unpaired) electrons. The highest BCUT2D eigenvalue weighted by molar-refractivity contribution is 7.98. The van der Waals surface area contributed by atoms with Gasteiger partial charge in [0.15, 0.2) is 0 Å². The zero-order valence-corrected chi connectivity index (χ0v) is 10.2. The van der Waals surface area contributed by atoms with E-state index in [1.165, 1.54) is 4.90 Å². The minimum Gasteiger partial charge on any atom is -0.395 e. The Morgan fingerprint density at radius 3 is 2.57 bits per heavy atom. The van der Waals surface area contributed by atoms with Crippen molar-refractivity contribution < 1.29 is 5.11 Å². The number of thioether (sulfide) groups is 1. The number of benzene rings is 1. The third-order valence-electron chi connectivity index (χ3n) is 2.29. The zero-order chi connectivity index (χ0) is 10.8. The third kappa shape index (κ3) is 2.44. The minimum absolute atomic E-state index is 0.126. The van der Waals surface area contributed by atoms with Crippen LogP contribution in [0.1, 0.15) is 19.4 Å². The molecule has 1 aromatic rings. The largest absolute Gasteiger partial charge is 0.395 e. The lowest BCUT2D eigenvalue weighted by Crippen LogP contribution is -2.22. The average Bonchev–Trinajstić information content (AvgIpc) is 2.18. The fourth-order valence-corrected chi connectivity index (χ4v) is 2.23. The van der Waals surface area contributed by atoms with Gasteiger partial charge in [0.2, 0.25) is 0 Å². The van der Waals surface area contributed by atoms with Crippen molar-refractivity contribution in [1.82, 2.24) is 0 Å². The van der Waals surface area contributed by atoms with E-state index in [1.807, 2.05) is 38.3 Å². The second-order valence-electron chi connectivity index (χ2n) is 3.89. The molecule has 0 bridgehead atoms. The maximum atomic E-state index is 9.31.